The number of hydrogen-bond donors (Lipinski definition) is 0. The van der Waals surface area contributed by atoms with Crippen molar-refractivity contribution in [3.8, 4) is 0 Å². The van der Waals surface area contributed by atoms with E-state index in [1.165, 1.54) is 0 Å². The van der Waals surface area contributed by atoms with Crippen LogP contribution >= 0.6 is 11.6 Å². The summed E-state index contributed by atoms with van der Waals surface area (Å²) in [4.78, 5) is 0. The lowest BCUT2D eigenvalue weighted by molar-refractivity contribution is 0.600. The molecule has 0 radical (unpaired) electrons. The normalized spacial score (nSPS) is 11.6. The highest BCUT2D eigenvalue weighted by Gasteiger charge is 2.08. The van der Waals surface area contributed by atoms with E-state index in [9.17, 15) is 8.42 Å². The van der Waals surface area contributed by atoms with Crippen molar-refractivity contribution in [1.82, 2.24) is 0 Å². The summed E-state index contributed by atoms with van der Waals surface area (Å²) in [5, 5.41) is 0. The van der Waals surface area contributed by atoms with Gasteiger partial charge in [0.25, 0.3) is 0 Å². The zero-order valence-corrected chi connectivity index (χ0v) is 6.00. The van der Waals surface area contributed by atoms with Crippen molar-refractivity contribution < 1.29 is 8.42 Å². The summed E-state index contributed by atoms with van der Waals surface area (Å²) in [6.07, 6.45) is 0. The molecule has 0 fully saturated rings. The molecule has 2 nitrogen and oxygen atoms in total. The van der Waals surface area contributed by atoms with Gasteiger partial charge in [0, 0.05) is 5.88 Å². The molecule has 0 bridgehead atoms. The van der Waals surface area contributed by atoms with Gasteiger partial charge in [-0.25, -0.2) is 8.42 Å². The van der Waals surface area contributed by atoms with Crippen LogP contribution in [0.1, 0.15) is 0 Å². The average molecular weight is 156 g/mol. The summed E-state index contributed by atoms with van der Waals surface area (Å²) < 4.78 is 20.9. The largest absolute Gasteiger partial charge is 0.224 e. The van der Waals surface area contributed by atoms with E-state index in [0.717, 1.165) is 0 Å². The second-order valence-corrected chi connectivity index (χ2v) is 4.02. The minimum atomic E-state index is -2.91. The van der Waals surface area contributed by atoms with Crippen molar-refractivity contribution in [3.63, 3.8) is 0 Å². The summed E-state index contributed by atoms with van der Waals surface area (Å²) in [5.41, 5.74) is 0. The van der Waals surface area contributed by atoms with Crippen LogP contribution in [0.5, 0.6) is 0 Å². The molecule has 0 spiro atoms. The lowest BCUT2D eigenvalue weighted by atomic mass is 11.0. The van der Waals surface area contributed by atoms with E-state index in [1.54, 1.807) is 0 Å². The molecule has 4 heteroatoms. The van der Waals surface area contributed by atoms with E-state index >= 15 is 0 Å². The first-order valence-electron chi connectivity index (χ1n) is 2.18. The Morgan fingerprint density at radius 3 is 2.12 bits per heavy atom. The molecule has 8 heavy (non-hydrogen) atoms. The van der Waals surface area contributed by atoms with Gasteiger partial charge in [0.05, 0.1) is 12.7 Å². The molecule has 0 aliphatic heterocycles. The molecule has 0 rings (SSSR count). The summed E-state index contributed by atoms with van der Waals surface area (Å²) in [6, 6.07) is 0. The van der Waals surface area contributed by atoms with E-state index in [4.69, 9.17) is 11.6 Å². The van der Waals surface area contributed by atoms with Crippen LogP contribution in [0.2, 0.25) is 0 Å². The van der Waals surface area contributed by atoms with Gasteiger partial charge in [-0.2, -0.15) is 0 Å². The fourth-order valence-electron chi connectivity index (χ4n) is 0.220. The zero-order chi connectivity index (χ0) is 6.62. The van der Waals surface area contributed by atoms with Gasteiger partial charge in [0.15, 0.2) is 15.6 Å². The smallest absolute Gasteiger partial charge is 0.192 e. The minimum Gasteiger partial charge on any atom is -0.224 e. The highest BCUT2D eigenvalue weighted by atomic mass is 35.5. The van der Waals surface area contributed by atoms with Crippen LogP contribution in [0.15, 0.2) is 0 Å². The van der Waals surface area contributed by atoms with Crippen LogP contribution < -0.4 is 0 Å². The van der Waals surface area contributed by atoms with Gasteiger partial charge in [0.2, 0.25) is 0 Å². The van der Waals surface area contributed by atoms with Gasteiger partial charge < -0.3 is 0 Å². The number of rotatable bonds is 3. The van der Waals surface area contributed by atoms with Crippen molar-refractivity contribution >= 4 is 21.4 Å². The molecule has 0 N–H and O–H groups in total. The third-order valence-corrected chi connectivity index (χ3v) is 2.56. The fraction of sp³-hybridized carbons (Fsp3) is 0.750. The van der Waals surface area contributed by atoms with Crippen LogP contribution in [0.25, 0.3) is 0 Å². The Balaban J connectivity index is 3.76. The van der Waals surface area contributed by atoms with Gasteiger partial charge in [-0.05, 0) is 0 Å². The van der Waals surface area contributed by atoms with Crippen molar-refractivity contribution in [2.45, 2.75) is 0 Å². The maximum atomic E-state index is 10.5. The lowest BCUT2D eigenvalue weighted by Gasteiger charge is -1.88. The van der Waals surface area contributed by atoms with Gasteiger partial charge >= 0.3 is 0 Å². The molecule has 0 atom stereocenters. The Bertz CT molecular complexity index is 138. The highest BCUT2D eigenvalue weighted by molar-refractivity contribution is 7.91. The fourth-order valence-corrected chi connectivity index (χ4v) is 1.36. The molecule has 0 aliphatic rings. The average Bonchev–Trinajstić information content (AvgIpc) is 1.67. The predicted octanol–water partition coefficient (Wildman–Crippen LogP) is 0.474. The first-order chi connectivity index (χ1) is 3.62. The molecule has 0 heterocycles. The Kier molecular flexibility index (Phi) is 3.24. The minimum absolute atomic E-state index is 0.0397. The zero-order valence-electron chi connectivity index (χ0n) is 4.43. The SMILES string of the molecule is [CH2+]CS(=O)(=O)CCCl. The standard InChI is InChI=1S/C4H8ClO2S/c1-2-8(6,7)4-3-5/h1-4H2/q+1. The number of sulfone groups is 1. The molecule has 0 aromatic carbocycles. The third kappa shape index (κ3) is 3.16. The molecular formula is C4H8ClO2S+. The molecule has 0 amide bonds. The van der Waals surface area contributed by atoms with E-state index in [1.807, 2.05) is 0 Å². The monoisotopic (exact) mass is 155 g/mol. The molecule has 0 saturated heterocycles. The Labute approximate surface area is 54.8 Å². The van der Waals surface area contributed by atoms with Crippen LogP contribution in [0.4, 0.5) is 0 Å². The van der Waals surface area contributed by atoms with Gasteiger partial charge in [-0.1, -0.05) is 0 Å². The second kappa shape index (κ2) is 3.20. The summed E-state index contributed by atoms with van der Waals surface area (Å²) in [5.74, 6) is 0.148. The van der Waals surface area contributed by atoms with E-state index < -0.39 is 9.84 Å². The van der Waals surface area contributed by atoms with Crippen LogP contribution in [0, 0.1) is 6.92 Å². The van der Waals surface area contributed by atoms with E-state index in [0.29, 0.717) is 0 Å². The number of halogens is 1. The van der Waals surface area contributed by atoms with Crippen molar-refractivity contribution in [2.24, 2.45) is 0 Å². The Morgan fingerprint density at radius 1 is 1.50 bits per heavy atom. The third-order valence-electron chi connectivity index (χ3n) is 0.699. The maximum Gasteiger partial charge on any atom is 0.192 e. The van der Waals surface area contributed by atoms with E-state index in [2.05, 4.69) is 6.92 Å². The summed E-state index contributed by atoms with van der Waals surface area (Å²) in [7, 11) is -2.91. The quantitative estimate of drug-likeness (QED) is 0.439. The molecule has 48 valence electrons. The van der Waals surface area contributed by atoms with Gasteiger partial charge in [-0.3, -0.25) is 0 Å². The predicted molar refractivity (Wildman–Crippen MR) is 34.7 cm³/mol. The molecule has 0 aromatic rings. The van der Waals surface area contributed by atoms with Gasteiger partial charge in [0.1, 0.15) is 0 Å². The molecular weight excluding hydrogens is 148 g/mol. The molecule has 0 saturated carbocycles. The Morgan fingerprint density at radius 2 is 2.00 bits per heavy atom. The van der Waals surface area contributed by atoms with Gasteiger partial charge in [-0.15, -0.1) is 11.6 Å². The molecule has 0 aromatic heterocycles. The first kappa shape index (κ1) is 8.11. The summed E-state index contributed by atoms with van der Waals surface area (Å²) >= 11 is 5.16. The summed E-state index contributed by atoms with van der Waals surface area (Å²) in [6.45, 7) is 3.23. The van der Waals surface area contributed by atoms with Crippen LogP contribution in [-0.4, -0.2) is 25.8 Å². The topological polar surface area (TPSA) is 34.1 Å². The highest BCUT2D eigenvalue weighted by Crippen LogP contribution is 1.89. The number of hydrogen-bond acceptors (Lipinski definition) is 2. The van der Waals surface area contributed by atoms with E-state index in [-0.39, 0.29) is 17.4 Å². The number of alkyl halides is 1. The van der Waals surface area contributed by atoms with Crippen LogP contribution in [0.3, 0.4) is 0 Å². The lowest BCUT2D eigenvalue weighted by Crippen LogP contribution is -2.09. The van der Waals surface area contributed by atoms with Crippen LogP contribution in [-0.2, 0) is 9.84 Å². The maximum absolute atomic E-state index is 10.5. The molecule has 0 aliphatic carbocycles. The molecule has 0 unspecified atom stereocenters. The van der Waals surface area contributed by atoms with Crippen molar-refractivity contribution in [1.29, 1.82) is 0 Å². The second-order valence-electron chi connectivity index (χ2n) is 1.34. The Hall–Kier alpha value is 0.110. The van der Waals surface area contributed by atoms with Crippen molar-refractivity contribution in [2.75, 3.05) is 17.4 Å². The van der Waals surface area contributed by atoms with Crippen molar-refractivity contribution in [3.05, 3.63) is 6.92 Å². The first-order valence-corrected chi connectivity index (χ1v) is 4.53.